The number of esters is 1. The van der Waals surface area contributed by atoms with Crippen molar-refractivity contribution in [3.63, 3.8) is 0 Å². The Balaban J connectivity index is 1.65. The van der Waals surface area contributed by atoms with Gasteiger partial charge in [0.15, 0.2) is 6.10 Å². The van der Waals surface area contributed by atoms with Crippen LogP contribution < -0.4 is 10.3 Å². The zero-order valence-corrected chi connectivity index (χ0v) is 16.4. The molecule has 1 unspecified atom stereocenters. The number of hydrazone groups is 1. The van der Waals surface area contributed by atoms with Crippen LogP contribution in [0.2, 0.25) is 0 Å². The molecule has 8 heteroatoms. The summed E-state index contributed by atoms with van der Waals surface area (Å²) in [6.45, 7) is 1.46. The van der Waals surface area contributed by atoms with Crippen molar-refractivity contribution in [2.75, 3.05) is 5.01 Å². The van der Waals surface area contributed by atoms with Crippen LogP contribution in [0.15, 0.2) is 35.4 Å². The van der Waals surface area contributed by atoms with Crippen LogP contribution in [-0.2, 0) is 19.1 Å². The van der Waals surface area contributed by atoms with E-state index in [1.165, 1.54) is 11.9 Å². The second kappa shape index (κ2) is 8.86. The van der Waals surface area contributed by atoms with Gasteiger partial charge in [-0.3, -0.25) is 9.59 Å². The van der Waals surface area contributed by atoms with E-state index in [0.29, 0.717) is 18.5 Å². The molecular formula is C21H24N4O4. The van der Waals surface area contributed by atoms with Crippen molar-refractivity contribution in [1.29, 1.82) is 5.26 Å². The van der Waals surface area contributed by atoms with Gasteiger partial charge in [0.1, 0.15) is 11.3 Å². The Morgan fingerprint density at radius 1 is 1.21 bits per heavy atom. The quantitative estimate of drug-likeness (QED) is 0.768. The predicted octanol–water partition coefficient (Wildman–Crippen LogP) is 2.44. The van der Waals surface area contributed by atoms with Crippen LogP contribution in [-0.4, -0.2) is 35.1 Å². The van der Waals surface area contributed by atoms with E-state index >= 15 is 0 Å². The fourth-order valence-corrected chi connectivity index (χ4v) is 3.51. The second-order valence-corrected chi connectivity index (χ2v) is 7.38. The highest BCUT2D eigenvalue weighted by Crippen LogP contribution is 2.27. The van der Waals surface area contributed by atoms with Gasteiger partial charge in [-0.25, -0.2) is 9.80 Å². The summed E-state index contributed by atoms with van der Waals surface area (Å²) >= 11 is 0. The third-order valence-corrected chi connectivity index (χ3v) is 5.21. The summed E-state index contributed by atoms with van der Waals surface area (Å²) in [7, 11) is 0. The van der Waals surface area contributed by atoms with Crippen molar-refractivity contribution in [2.45, 2.75) is 63.5 Å². The van der Waals surface area contributed by atoms with Gasteiger partial charge in [-0.15, -0.1) is 0 Å². The number of nitrogens with one attached hydrogen (secondary N) is 1. The maximum absolute atomic E-state index is 12.5. The third-order valence-electron chi connectivity index (χ3n) is 5.21. The molecule has 2 aliphatic rings. The molecule has 0 saturated heterocycles. The van der Waals surface area contributed by atoms with Gasteiger partial charge >= 0.3 is 5.97 Å². The Kier molecular flexibility index (Phi) is 6.27. The van der Waals surface area contributed by atoms with E-state index in [4.69, 9.17) is 4.74 Å². The molecule has 1 N–H and O–H groups in total. The van der Waals surface area contributed by atoms with Crippen molar-refractivity contribution in [2.24, 2.45) is 5.10 Å². The first kappa shape index (κ1) is 20.5. The molecule has 0 aromatic heterocycles. The Hall–Kier alpha value is -3.21. The number of amides is 2. The molecule has 8 nitrogen and oxygen atoms in total. The molecule has 1 atom stereocenters. The molecule has 1 aliphatic heterocycles. The molecule has 29 heavy (non-hydrogen) atoms. The number of ether oxygens (including phenoxy) is 1. The van der Waals surface area contributed by atoms with E-state index in [2.05, 4.69) is 16.5 Å². The molecule has 0 spiro atoms. The minimum atomic E-state index is -1.07. The zero-order valence-electron chi connectivity index (χ0n) is 16.4. The fraction of sp³-hybridized carbons (Fsp3) is 0.476. The van der Waals surface area contributed by atoms with E-state index in [1.807, 2.05) is 6.07 Å². The number of rotatable bonds is 5. The molecule has 1 aliphatic carbocycles. The van der Waals surface area contributed by atoms with Gasteiger partial charge in [-0.2, -0.15) is 10.4 Å². The number of hydrogen-bond acceptors (Lipinski definition) is 6. The third kappa shape index (κ3) is 4.80. The topological polar surface area (TPSA) is 112 Å². The van der Waals surface area contributed by atoms with Crippen LogP contribution in [0, 0.1) is 11.3 Å². The summed E-state index contributed by atoms with van der Waals surface area (Å²) in [6.07, 6.45) is 3.19. The summed E-state index contributed by atoms with van der Waals surface area (Å²) < 4.78 is 5.27. The van der Waals surface area contributed by atoms with Gasteiger partial charge in [0.2, 0.25) is 5.91 Å². The molecule has 1 saturated carbocycles. The van der Waals surface area contributed by atoms with Crippen molar-refractivity contribution >= 4 is 29.2 Å². The minimum Gasteiger partial charge on any atom is -0.448 e. The molecule has 2 amide bonds. The number of anilines is 1. The average molecular weight is 396 g/mol. The first-order valence-electron chi connectivity index (χ1n) is 9.84. The Bertz CT molecular complexity index is 853. The predicted molar refractivity (Wildman–Crippen MR) is 106 cm³/mol. The van der Waals surface area contributed by atoms with Gasteiger partial charge in [0.25, 0.3) is 5.91 Å². The highest BCUT2D eigenvalue weighted by atomic mass is 16.5. The van der Waals surface area contributed by atoms with Crippen molar-refractivity contribution in [3.8, 4) is 6.07 Å². The van der Waals surface area contributed by atoms with Crippen LogP contribution in [0.3, 0.4) is 0 Å². The van der Waals surface area contributed by atoms with Crippen LogP contribution >= 0.6 is 0 Å². The zero-order chi connectivity index (χ0) is 20.9. The van der Waals surface area contributed by atoms with E-state index < -0.39 is 23.5 Å². The van der Waals surface area contributed by atoms with Crippen LogP contribution in [0.5, 0.6) is 0 Å². The Morgan fingerprint density at radius 3 is 2.55 bits per heavy atom. The second-order valence-electron chi connectivity index (χ2n) is 7.38. The fourth-order valence-electron chi connectivity index (χ4n) is 3.51. The lowest BCUT2D eigenvalue weighted by atomic mass is 9.83. The lowest BCUT2D eigenvalue weighted by Crippen LogP contribution is -2.52. The number of benzene rings is 1. The van der Waals surface area contributed by atoms with Crippen molar-refractivity contribution < 1.29 is 19.1 Å². The summed E-state index contributed by atoms with van der Waals surface area (Å²) in [5, 5.41) is 17.6. The van der Waals surface area contributed by atoms with E-state index in [9.17, 15) is 19.6 Å². The van der Waals surface area contributed by atoms with Crippen LogP contribution in [0.25, 0.3) is 0 Å². The summed E-state index contributed by atoms with van der Waals surface area (Å²) in [5.41, 5.74) is -0.253. The molecule has 152 valence electrons. The molecular weight excluding hydrogens is 372 g/mol. The molecule has 1 fully saturated rings. The number of nitrogens with zero attached hydrogens (tertiary/aromatic N) is 3. The lowest BCUT2D eigenvalue weighted by molar-refractivity contribution is -0.149. The number of nitriles is 1. The number of hydrogen-bond donors (Lipinski definition) is 1. The summed E-state index contributed by atoms with van der Waals surface area (Å²) in [5.74, 6) is -1.46. The number of carbonyl (C=O) groups excluding carboxylic acids is 3. The Labute approximate surface area is 169 Å². The monoisotopic (exact) mass is 396 g/mol. The SMILES string of the molecule is CC(OC(=O)C1=NN(c2ccccc2)C(=O)CC1)C(=O)NC1(C#N)CCCCC1. The highest BCUT2D eigenvalue weighted by molar-refractivity contribution is 6.38. The highest BCUT2D eigenvalue weighted by Gasteiger charge is 2.36. The molecule has 0 bridgehead atoms. The van der Waals surface area contributed by atoms with Crippen molar-refractivity contribution in [1.82, 2.24) is 5.32 Å². The molecule has 1 aromatic rings. The maximum Gasteiger partial charge on any atom is 0.355 e. The standard InChI is InChI=1S/C21H24N4O4/c1-15(19(27)23-21(14-22)12-6-3-7-13-21)29-20(28)17-10-11-18(26)25(24-17)16-8-4-2-5-9-16/h2,4-5,8-9,15H,3,6-7,10-13H2,1H3,(H,23,27). The van der Waals surface area contributed by atoms with Gasteiger partial charge in [-0.05, 0) is 31.9 Å². The molecule has 1 heterocycles. The Morgan fingerprint density at radius 2 is 1.90 bits per heavy atom. The van der Waals surface area contributed by atoms with Gasteiger partial charge < -0.3 is 10.1 Å². The van der Waals surface area contributed by atoms with E-state index in [0.717, 1.165) is 19.3 Å². The number of carbonyl (C=O) groups is 3. The summed E-state index contributed by atoms with van der Waals surface area (Å²) in [6, 6.07) is 11.0. The maximum atomic E-state index is 12.5. The van der Waals surface area contributed by atoms with Gasteiger partial charge in [0, 0.05) is 12.8 Å². The van der Waals surface area contributed by atoms with E-state index in [-0.39, 0.29) is 24.5 Å². The van der Waals surface area contributed by atoms with Crippen LogP contribution in [0.4, 0.5) is 5.69 Å². The van der Waals surface area contributed by atoms with E-state index in [1.54, 1.807) is 24.3 Å². The average Bonchev–Trinajstić information content (AvgIpc) is 2.75. The normalized spacial score (nSPS) is 19.5. The minimum absolute atomic E-state index is 0.0840. The number of para-hydroxylation sites is 1. The lowest BCUT2D eigenvalue weighted by Gasteiger charge is -2.32. The first-order chi connectivity index (χ1) is 13.9. The molecule has 1 aromatic carbocycles. The largest absolute Gasteiger partial charge is 0.448 e. The molecule has 3 rings (SSSR count). The summed E-state index contributed by atoms with van der Waals surface area (Å²) in [4.78, 5) is 37.1. The van der Waals surface area contributed by atoms with Crippen LogP contribution in [0.1, 0.15) is 51.9 Å². The van der Waals surface area contributed by atoms with Gasteiger partial charge in [0.05, 0.1) is 11.8 Å². The first-order valence-corrected chi connectivity index (χ1v) is 9.84. The smallest absolute Gasteiger partial charge is 0.355 e. The molecule has 0 radical (unpaired) electrons. The van der Waals surface area contributed by atoms with Crippen molar-refractivity contribution in [3.05, 3.63) is 30.3 Å². The van der Waals surface area contributed by atoms with Gasteiger partial charge in [-0.1, -0.05) is 37.5 Å².